The zero-order valence-corrected chi connectivity index (χ0v) is 20.6. The van der Waals surface area contributed by atoms with Gasteiger partial charge in [0.15, 0.2) is 6.61 Å². The van der Waals surface area contributed by atoms with Crippen LogP contribution in [0.15, 0.2) is 48.5 Å². The molecule has 1 aromatic heterocycles. The number of ether oxygens (including phenoxy) is 2. The SMILES string of the molecule is CCOC(=O)CCCNC(=O)COC(=O)c1c2c(nc3ccccc13)/C(=C\c1ccc(C)cc1)CC2. The summed E-state index contributed by atoms with van der Waals surface area (Å²) in [6.45, 7) is 4.04. The number of nitrogens with zero attached hydrogens (tertiary/aromatic N) is 1. The maximum Gasteiger partial charge on any atom is 0.339 e. The molecule has 0 aliphatic heterocycles. The average Bonchev–Trinajstić information content (AvgIpc) is 3.27. The summed E-state index contributed by atoms with van der Waals surface area (Å²) in [6, 6.07) is 15.8. The monoisotopic (exact) mass is 486 g/mol. The number of hydrogen-bond donors (Lipinski definition) is 1. The van der Waals surface area contributed by atoms with Crippen molar-refractivity contribution < 1.29 is 23.9 Å². The van der Waals surface area contributed by atoms with Crippen LogP contribution in [0.25, 0.3) is 22.6 Å². The lowest BCUT2D eigenvalue weighted by Gasteiger charge is -2.12. The number of para-hydroxylation sites is 1. The molecule has 7 heteroatoms. The van der Waals surface area contributed by atoms with Gasteiger partial charge in [-0.1, -0.05) is 48.0 Å². The summed E-state index contributed by atoms with van der Waals surface area (Å²) in [5.74, 6) is -1.25. The largest absolute Gasteiger partial charge is 0.466 e. The Morgan fingerprint density at radius 2 is 1.81 bits per heavy atom. The summed E-state index contributed by atoms with van der Waals surface area (Å²) < 4.78 is 10.3. The number of carbonyl (C=O) groups excluding carboxylic acids is 3. The average molecular weight is 487 g/mol. The fourth-order valence-corrected chi connectivity index (χ4v) is 4.32. The fraction of sp³-hybridized carbons (Fsp3) is 0.310. The minimum atomic E-state index is -0.539. The molecule has 1 aliphatic rings. The first-order valence-electron chi connectivity index (χ1n) is 12.2. The van der Waals surface area contributed by atoms with E-state index in [1.54, 1.807) is 6.92 Å². The Kier molecular flexibility index (Phi) is 8.10. The second-order valence-electron chi connectivity index (χ2n) is 8.75. The highest BCUT2D eigenvalue weighted by molar-refractivity contribution is 6.07. The van der Waals surface area contributed by atoms with E-state index in [1.807, 2.05) is 24.3 Å². The standard InChI is InChI=1S/C29H30N2O5/c1-3-35-26(33)9-6-16-30-25(32)18-36-29(34)27-22-7-4-5-8-24(22)31-28-21(14-15-23(27)28)17-20-12-10-19(2)11-13-20/h4-5,7-8,10-13,17H,3,6,9,14-16,18H2,1-2H3,(H,30,32)/b21-17-. The van der Waals surface area contributed by atoms with Crippen molar-refractivity contribution in [2.45, 2.75) is 39.5 Å². The molecule has 4 rings (SSSR count). The van der Waals surface area contributed by atoms with Crippen molar-refractivity contribution in [3.8, 4) is 0 Å². The minimum Gasteiger partial charge on any atom is -0.466 e. The molecule has 0 spiro atoms. The van der Waals surface area contributed by atoms with Crippen LogP contribution in [0, 0.1) is 6.92 Å². The number of amides is 1. The van der Waals surface area contributed by atoms with Gasteiger partial charge in [0.05, 0.1) is 23.4 Å². The van der Waals surface area contributed by atoms with Gasteiger partial charge in [-0.2, -0.15) is 0 Å². The third-order valence-corrected chi connectivity index (χ3v) is 6.08. The van der Waals surface area contributed by atoms with Crippen molar-refractivity contribution in [3.05, 3.63) is 76.5 Å². The molecule has 2 aromatic carbocycles. The van der Waals surface area contributed by atoms with Crippen LogP contribution in [0.5, 0.6) is 0 Å². The predicted molar refractivity (Wildman–Crippen MR) is 138 cm³/mol. The number of allylic oxidation sites excluding steroid dienone is 1. The van der Waals surface area contributed by atoms with Gasteiger partial charge in [0.25, 0.3) is 5.91 Å². The Labute approximate surface area is 210 Å². The molecule has 186 valence electrons. The Bertz CT molecular complexity index is 1310. The first-order valence-corrected chi connectivity index (χ1v) is 12.2. The van der Waals surface area contributed by atoms with Crippen LogP contribution < -0.4 is 5.32 Å². The van der Waals surface area contributed by atoms with Crippen LogP contribution >= 0.6 is 0 Å². The molecule has 0 saturated carbocycles. The molecule has 1 heterocycles. The van der Waals surface area contributed by atoms with Gasteiger partial charge in [-0.15, -0.1) is 0 Å². The molecule has 0 fully saturated rings. The van der Waals surface area contributed by atoms with E-state index in [2.05, 4.69) is 42.6 Å². The van der Waals surface area contributed by atoms with E-state index in [9.17, 15) is 14.4 Å². The molecule has 36 heavy (non-hydrogen) atoms. The molecule has 0 radical (unpaired) electrons. The Hall–Kier alpha value is -4.00. The maximum atomic E-state index is 13.2. The van der Waals surface area contributed by atoms with Crippen molar-refractivity contribution in [3.63, 3.8) is 0 Å². The van der Waals surface area contributed by atoms with Gasteiger partial charge in [-0.25, -0.2) is 9.78 Å². The molecule has 0 bridgehead atoms. The summed E-state index contributed by atoms with van der Waals surface area (Å²) in [4.78, 5) is 41.7. The summed E-state index contributed by atoms with van der Waals surface area (Å²) in [7, 11) is 0. The first kappa shape index (κ1) is 25.1. The normalized spacial score (nSPS) is 13.4. The van der Waals surface area contributed by atoms with Crippen molar-refractivity contribution in [2.24, 2.45) is 0 Å². The second kappa shape index (κ2) is 11.6. The number of fused-ring (bicyclic) bond motifs is 2. The summed E-state index contributed by atoms with van der Waals surface area (Å²) in [6.07, 6.45) is 4.24. The number of rotatable bonds is 9. The van der Waals surface area contributed by atoms with Gasteiger partial charge in [-0.05, 0) is 62.0 Å². The highest BCUT2D eigenvalue weighted by Gasteiger charge is 2.28. The number of hydrogen-bond acceptors (Lipinski definition) is 6. The number of pyridine rings is 1. The molecular weight excluding hydrogens is 456 g/mol. The molecule has 1 amide bonds. The zero-order chi connectivity index (χ0) is 25.5. The van der Waals surface area contributed by atoms with Crippen molar-refractivity contribution >= 4 is 40.4 Å². The fourth-order valence-electron chi connectivity index (χ4n) is 4.32. The topological polar surface area (TPSA) is 94.6 Å². The molecular formula is C29H30N2O5. The highest BCUT2D eigenvalue weighted by Crippen LogP contribution is 2.37. The number of nitrogens with one attached hydrogen (secondary N) is 1. The molecule has 1 N–H and O–H groups in total. The quantitative estimate of drug-likeness (QED) is 0.350. The zero-order valence-electron chi connectivity index (χ0n) is 20.6. The van der Waals surface area contributed by atoms with Gasteiger partial charge >= 0.3 is 11.9 Å². The minimum absolute atomic E-state index is 0.224. The summed E-state index contributed by atoms with van der Waals surface area (Å²) in [5.41, 5.74) is 6.20. The van der Waals surface area contributed by atoms with Crippen molar-refractivity contribution in [1.82, 2.24) is 10.3 Å². The van der Waals surface area contributed by atoms with Gasteiger partial charge in [0.2, 0.25) is 0 Å². The number of carbonyl (C=O) groups is 3. The van der Waals surface area contributed by atoms with Gasteiger partial charge in [-0.3, -0.25) is 9.59 Å². The summed E-state index contributed by atoms with van der Waals surface area (Å²) >= 11 is 0. The van der Waals surface area contributed by atoms with Crippen LogP contribution in [0.4, 0.5) is 0 Å². The van der Waals surface area contributed by atoms with Crippen LogP contribution in [0.3, 0.4) is 0 Å². The number of esters is 2. The third-order valence-electron chi connectivity index (χ3n) is 6.08. The second-order valence-corrected chi connectivity index (χ2v) is 8.75. The van der Waals surface area contributed by atoms with E-state index in [0.717, 1.165) is 28.8 Å². The van der Waals surface area contributed by atoms with E-state index in [4.69, 9.17) is 14.5 Å². The maximum absolute atomic E-state index is 13.2. The Morgan fingerprint density at radius 3 is 2.58 bits per heavy atom. The van der Waals surface area contributed by atoms with E-state index in [1.165, 1.54) is 5.56 Å². The van der Waals surface area contributed by atoms with E-state index >= 15 is 0 Å². The molecule has 1 aliphatic carbocycles. The Morgan fingerprint density at radius 1 is 1.03 bits per heavy atom. The number of benzene rings is 2. The summed E-state index contributed by atoms with van der Waals surface area (Å²) in [5, 5.41) is 3.38. The van der Waals surface area contributed by atoms with E-state index in [0.29, 0.717) is 42.5 Å². The van der Waals surface area contributed by atoms with Crippen LogP contribution in [0.2, 0.25) is 0 Å². The molecule has 0 unspecified atom stereocenters. The predicted octanol–water partition coefficient (Wildman–Crippen LogP) is 4.65. The third kappa shape index (κ3) is 5.97. The lowest BCUT2D eigenvalue weighted by Crippen LogP contribution is -2.30. The molecule has 0 atom stereocenters. The number of aryl methyl sites for hydroxylation is 1. The smallest absolute Gasteiger partial charge is 0.339 e. The van der Waals surface area contributed by atoms with E-state index in [-0.39, 0.29) is 12.4 Å². The lowest BCUT2D eigenvalue weighted by atomic mass is 10.0. The van der Waals surface area contributed by atoms with Gasteiger partial charge in [0, 0.05) is 18.4 Å². The lowest BCUT2D eigenvalue weighted by molar-refractivity contribution is -0.143. The van der Waals surface area contributed by atoms with Crippen LogP contribution in [-0.4, -0.2) is 42.6 Å². The van der Waals surface area contributed by atoms with Crippen molar-refractivity contribution in [2.75, 3.05) is 19.8 Å². The highest BCUT2D eigenvalue weighted by atomic mass is 16.5. The van der Waals surface area contributed by atoms with Crippen molar-refractivity contribution in [1.29, 1.82) is 0 Å². The molecule has 3 aromatic rings. The Balaban J connectivity index is 1.49. The molecule has 0 saturated heterocycles. The molecule has 7 nitrogen and oxygen atoms in total. The van der Waals surface area contributed by atoms with Gasteiger partial charge < -0.3 is 14.8 Å². The first-order chi connectivity index (χ1) is 17.5. The van der Waals surface area contributed by atoms with Gasteiger partial charge in [0.1, 0.15) is 0 Å². The van der Waals surface area contributed by atoms with Crippen LogP contribution in [-0.2, 0) is 25.5 Å². The van der Waals surface area contributed by atoms with Crippen LogP contribution in [0.1, 0.15) is 58.9 Å². The number of aromatic nitrogens is 1. The van der Waals surface area contributed by atoms with E-state index < -0.39 is 18.5 Å².